The van der Waals surface area contributed by atoms with Crippen LogP contribution in [-0.4, -0.2) is 16.2 Å². The zero-order chi connectivity index (χ0) is 22.3. The Hall–Kier alpha value is -1.99. The number of alkyl halides is 1. The Labute approximate surface area is 207 Å². The van der Waals surface area contributed by atoms with Gasteiger partial charge in [0, 0.05) is 5.92 Å². The molecule has 32 heavy (non-hydrogen) atoms. The van der Waals surface area contributed by atoms with E-state index in [0.717, 1.165) is 31.4 Å². The summed E-state index contributed by atoms with van der Waals surface area (Å²) in [4.78, 5) is 16.0. The van der Waals surface area contributed by atoms with Crippen LogP contribution in [0.4, 0.5) is 0 Å². The molecule has 1 saturated carbocycles. The summed E-state index contributed by atoms with van der Waals surface area (Å²) in [5.41, 5.74) is 0. The standard InChI is InChI=1S/C27H28IO3S/c1-20(28)26(29)31-27(21-10-8-9-11-21)30-22-16-18-25(19-17-22)32(23-12-4-2-5-13-23)24-14-6-3-7-15-24/h2-7,12-21,27H,8-11H2,1H3/q+1. The van der Waals surface area contributed by atoms with Crippen LogP contribution >= 0.6 is 22.6 Å². The molecule has 3 aromatic rings. The van der Waals surface area contributed by atoms with Crippen LogP contribution in [0, 0.1) is 5.92 Å². The fourth-order valence-corrected chi connectivity index (χ4v) is 6.19. The maximum absolute atomic E-state index is 12.2. The topological polar surface area (TPSA) is 35.5 Å². The highest BCUT2D eigenvalue weighted by Gasteiger charge is 2.32. The summed E-state index contributed by atoms with van der Waals surface area (Å²) < 4.78 is 11.8. The van der Waals surface area contributed by atoms with Gasteiger partial charge in [-0.2, -0.15) is 0 Å². The zero-order valence-electron chi connectivity index (χ0n) is 18.2. The molecule has 2 atom stereocenters. The number of esters is 1. The number of benzene rings is 3. The van der Waals surface area contributed by atoms with Gasteiger partial charge in [-0.1, -0.05) is 71.8 Å². The Kier molecular flexibility index (Phi) is 8.14. The molecule has 166 valence electrons. The minimum Gasteiger partial charge on any atom is -0.454 e. The molecular formula is C27H28IO3S+. The quantitative estimate of drug-likeness (QED) is 0.0977. The van der Waals surface area contributed by atoms with Gasteiger partial charge in [-0.3, -0.25) is 4.79 Å². The molecule has 0 saturated heterocycles. The normalized spacial score (nSPS) is 16.0. The number of hydrogen-bond donors (Lipinski definition) is 0. The lowest BCUT2D eigenvalue weighted by molar-refractivity contribution is -0.169. The van der Waals surface area contributed by atoms with E-state index in [1.807, 2.05) is 31.2 Å². The van der Waals surface area contributed by atoms with E-state index >= 15 is 0 Å². The van der Waals surface area contributed by atoms with Crippen LogP contribution in [0.1, 0.15) is 32.6 Å². The van der Waals surface area contributed by atoms with Crippen molar-refractivity contribution in [3.8, 4) is 5.75 Å². The van der Waals surface area contributed by atoms with Crippen LogP contribution in [0.25, 0.3) is 0 Å². The molecule has 1 aliphatic carbocycles. The van der Waals surface area contributed by atoms with Gasteiger partial charge in [0.2, 0.25) is 6.29 Å². The summed E-state index contributed by atoms with van der Waals surface area (Å²) in [6, 6.07) is 29.5. The fourth-order valence-electron chi connectivity index (χ4n) is 3.96. The van der Waals surface area contributed by atoms with Gasteiger partial charge in [0.15, 0.2) is 14.7 Å². The molecular weight excluding hydrogens is 531 g/mol. The van der Waals surface area contributed by atoms with E-state index in [9.17, 15) is 4.79 Å². The van der Waals surface area contributed by atoms with Crippen LogP contribution < -0.4 is 4.74 Å². The second kappa shape index (κ2) is 11.2. The van der Waals surface area contributed by atoms with E-state index < -0.39 is 6.29 Å². The van der Waals surface area contributed by atoms with Gasteiger partial charge in [-0.25, -0.2) is 0 Å². The van der Waals surface area contributed by atoms with Gasteiger partial charge in [-0.05, 0) is 68.3 Å². The van der Waals surface area contributed by atoms with Crippen molar-refractivity contribution < 1.29 is 14.3 Å². The summed E-state index contributed by atoms with van der Waals surface area (Å²) >= 11 is 2.09. The Morgan fingerprint density at radius 3 is 1.84 bits per heavy atom. The number of hydrogen-bond acceptors (Lipinski definition) is 3. The van der Waals surface area contributed by atoms with Crippen molar-refractivity contribution in [3.05, 3.63) is 84.9 Å². The molecule has 2 unspecified atom stereocenters. The van der Waals surface area contributed by atoms with Crippen LogP contribution in [0.2, 0.25) is 0 Å². The molecule has 0 aliphatic heterocycles. The molecule has 3 nitrogen and oxygen atoms in total. The molecule has 5 heteroatoms. The van der Waals surface area contributed by atoms with E-state index in [1.165, 1.54) is 14.7 Å². The molecule has 1 aliphatic rings. The largest absolute Gasteiger partial charge is 0.454 e. The number of carbonyl (C=O) groups is 1. The summed E-state index contributed by atoms with van der Waals surface area (Å²) in [7, 11) is -0.195. The Morgan fingerprint density at radius 1 is 0.844 bits per heavy atom. The molecule has 0 radical (unpaired) electrons. The van der Waals surface area contributed by atoms with Crippen molar-refractivity contribution in [2.75, 3.05) is 0 Å². The first-order chi connectivity index (χ1) is 15.6. The molecule has 0 N–H and O–H groups in total. The number of carbonyl (C=O) groups excluding carboxylic acids is 1. The number of ether oxygens (including phenoxy) is 2. The molecule has 4 rings (SSSR count). The van der Waals surface area contributed by atoms with Crippen LogP contribution in [-0.2, 0) is 20.4 Å². The first-order valence-corrected chi connectivity index (χ1v) is 13.5. The van der Waals surface area contributed by atoms with E-state index in [2.05, 4.69) is 83.3 Å². The zero-order valence-corrected chi connectivity index (χ0v) is 21.1. The van der Waals surface area contributed by atoms with Crippen molar-refractivity contribution in [2.45, 2.75) is 57.5 Å². The minimum atomic E-state index is -0.519. The van der Waals surface area contributed by atoms with Gasteiger partial charge in [0.05, 0.1) is 10.9 Å². The smallest absolute Gasteiger partial charge is 0.321 e. The Bertz CT molecular complexity index is 947. The molecule has 0 heterocycles. The summed E-state index contributed by atoms with van der Waals surface area (Å²) in [6.45, 7) is 1.84. The fraction of sp³-hybridized carbons (Fsp3) is 0.296. The van der Waals surface area contributed by atoms with Crippen LogP contribution in [0.15, 0.2) is 99.6 Å². The predicted molar refractivity (Wildman–Crippen MR) is 137 cm³/mol. The molecule has 0 amide bonds. The maximum Gasteiger partial charge on any atom is 0.321 e. The van der Waals surface area contributed by atoms with Gasteiger partial charge < -0.3 is 9.47 Å². The number of halogens is 1. The van der Waals surface area contributed by atoms with E-state index in [-0.39, 0.29) is 26.7 Å². The van der Waals surface area contributed by atoms with Crippen molar-refractivity contribution in [1.29, 1.82) is 0 Å². The Morgan fingerprint density at radius 2 is 1.34 bits per heavy atom. The first-order valence-electron chi connectivity index (χ1n) is 11.1. The highest BCUT2D eigenvalue weighted by molar-refractivity contribution is 14.1. The van der Waals surface area contributed by atoms with Crippen molar-refractivity contribution in [3.63, 3.8) is 0 Å². The summed E-state index contributed by atoms with van der Waals surface area (Å²) in [5.74, 6) is 0.787. The molecule has 0 aromatic heterocycles. The summed E-state index contributed by atoms with van der Waals surface area (Å²) in [5, 5.41) is 0. The highest BCUT2D eigenvalue weighted by Crippen LogP contribution is 2.34. The second-order valence-electron chi connectivity index (χ2n) is 7.99. The molecule has 0 spiro atoms. The van der Waals surface area contributed by atoms with Crippen molar-refractivity contribution >= 4 is 39.5 Å². The molecule has 3 aromatic carbocycles. The van der Waals surface area contributed by atoms with Crippen molar-refractivity contribution in [1.82, 2.24) is 0 Å². The third-order valence-corrected chi connectivity index (χ3v) is 8.35. The lowest BCUT2D eigenvalue weighted by Crippen LogP contribution is -2.33. The van der Waals surface area contributed by atoms with Gasteiger partial charge in [0.1, 0.15) is 9.67 Å². The Balaban J connectivity index is 1.56. The van der Waals surface area contributed by atoms with Crippen molar-refractivity contribution in [2.24, 2.45) is 5.92 Å². The predicted octanol–water partition coefficient (Wildman–Crippen LogP) is 7.04. The first kappa shape index (κ1) is 23.2. The van der Waals surface area contributed by atoms with Gasteiger partial charge in [-0.15, -0.1) is 0 Å². The molecule has 1 fully saturated rings. The van der Waals surface area contributed by atoms with E-state index in [4.69, 9.17) is 9.47 Å². The highest BCUT2D eigenvalue weighted by atomic mass is 127. The lowest BCUT2D eigenvalue weighted by Gasteiger charge is -2.25. The minimum absolute atomic E-state index is 0.193. The molecule has 0 bridgehead atoms. The average molecular weight is 559 g/mol. The second-order valence-corrected chi connectivity index (χ2v) is 11.9. The van der Waals surface area contributed by atoms with E-state index in [1.54, 1.807) is 0 Å². The van der Waals surface area contributed by atoms with Gasteiger partial charge in [0.25, 0.3) is 0 Å². The number of rotatable bonds is 8. The van der Waals surface area contributed by atoms with E-state index in [0.29, 0.717) is 0 Å². The SMILES string of the molecule is CC(I)C(=O)OC(Oc1ccc([S+](c2ccccc2)c2ccccc2)cc1)C1CCCC1. The third-order valence-electron chi connectivity index (χ3n) is 5.61. The monoisotopic (exact) mass is 559 g/mol. The van der Waals surface area contributed by atoms with Crippen LogP contribution in [0.5, 0.6) is 5.75 Å². The lowest BCUT2D eigenvalue weighted by atomic mass is 10.1. The summed E-state index contributed by atoms with van der Waals surface area (Å²) in [6.07, 6.45) is 3.89. The average Bonchev–Trinajstić information content (AvgIpc) is 3.36. The van der Waals surface area contributed by atoms with Crippen LogP contribution in [0.3, 0.4) is 0 Å². The third kappa shape index (κ3) is 5.87. The van der Waals surface area contributed by atoms with Gasteiger partial charge >= 0.3 is 5.97 Å². The maximum atomic E-state index is 12.2.